The maximum absolute atomic E-state index is 11.9. The molecule has 3 N–H and O–H groups in total. The van der Waals surface area contributed by atoms with Gasteiger partial charge in [-0.2, -0.15) is 0 Å². The summed E-state index contributed by atoms with van der Waals surface area (Å²) in [6, 6.07) is 7.65. The van der Waals surface area contributed by atoms with Crippen molar-refractivity contribution in [1.29, 1.82) is 0 Å². The molecule has 0 atom stereocenters. The van der Waals surface area contributed by atoms with Crippen molar-refractivity contribution in [2.75, 3.05) is 10.6 Å². The number of nitrogens with one attached hydrogen (secondary N) is 2. The van der Waals surface area contributed by atoms with Crippen LogP contribution in [0.4, 0.5) is 16.2 Å². The Morgan fingerprint density at radius 1 is 1.20 bits per heavy atom. The third kappa shape index (κ3) is 3.39. The molecule has 0 saturated heterocycles. The smallest absolute Gasteiger partial charge is 0.323 e. The summed E-state index contributed by atoms with van der Waals surface area (Å²) in [5.41, 5.74) is 2.75. The van der Waals surface area contributed by atoms with E-state index in [4.69, 9.17) is 11.6 Å². The van der Waals surface area contributed by atoms with Crippen LogP contribution < -0.4 is 10.6 Å². The van der Waals surface area contributed by atoms with Crippen LogP contribution in [0.5, 0.6) is 5.75 Å². The van der Waals surface area contributed by atoms with E-state index >= 15 is 0 Å². The molecule has 6 heteroatoms. The number of aryl methyl sites for hydroxylation is 2. The number of benzene rings is 1. The van der Waals surface area contributed by atoms with Gasteiger partial charge in [0.2, 0.25) is 0 Å². The molecule has 1 aromatic heterocycles. The average Bonchev–Trinajstić information content (AvgIpc) is 2.37. The van der Waals surface area contributed by atoms with Gasteiger partial charge in [-0.3, -0.25) is 4.98 Å². The van der Waals surface area contributed by atoms with Gasteiger partial charge in [0, 0.05) is 11.4 Å². The molecule has 0 aliphatic rings. The standard InChI is InChI=1S/C14H14ClN3O2/c1-8-3-5-12(9(2)16-8)18-14(20)17-10-4-6-13(19)11(15)7-10/h3-7,19H,1-2H3,(H2,17,18,20). The quantitative estimate of drug-likeness (QED) is 0.739. The lowest BCUT2D eigenvalue weighted by Gasteiger charge is -2.10. The Morgan fingerprint density at radius 2 is 1.95 bits per heavy atom. The van der Waals surface area contributed by atoms with Gasteiger partial charge < -0.3 is 15.7 Å². The van der Waals surface area contributed by atoms with Crippen LogP contribution in [0.1, 0.15) is 11.4 Å². The molecule has 1 aromatic carbocycles. The molecule has 0 bridgehead atoms. The van der Waals surface area contributed by atoms with E-state index in [-0.39, 0.29) is 10.8 Å². The summed E-state index contributed by atoms with van der Waals surface area (Å²) in [4.78, 5) is 16.1. The van der Waals surface area contributed by atoms with E-state index in [1.54, 1.807) is 12.1 Å². The minimum absolute atomic E-state index is 0.0313. The molecule has 0 spiro atoms. The first kappa shape index (κ1) is 14.1. The van der Waals surface area contributed by atoms with Crippen LogP contribution in [0, 0.1) is 13.8 Å². The summed E-state index contributed by atoms with van der Waals surface area (Å²) in [6.07, 6.45) is 0. The zero-order valence-corrected chi connectivity index (χ0v) is 11.8. The van der Waals surface area contributed by atoms with Crippen LogP contribution in [-0.2, 0) is 0 Å². The maximum atomic E-state index is 11.9. The molecule has 0 aliphatic heterocycles. The van der Waals surface area contributed by atoms with Gasteiger partial charge in [0.15, 0.2) is 0 Å². The predicted molar refractivity (Wildman–Crippen MR) is 79.5 cm³/mol. The summed E-state index contributed by atoms with van der Waals surface area (Å²) in [5, 5.41) is 14.8. The van der Waals surface area contributed by atoms with Gasteiger partial charge in [0.05, 0.1) is 16.4 Å². The fourth-order valence-electron chi connectivity index (χ4n) is 1.69. The van der Waals surface area contributed by atoms with Crippen molar-refractivity contribution in [3.63, 3.8) is 0 Å². The Balaban J connectivity index is 2.07. The third-order valence-corrected chi connectivity index (χ3v) is 2.98. The summed E-state index contributed by atoms with van der Waals surface area (Å²) in [7, 11) is 0. The first-order chi connectivity index (χ1) is 9.45. The zero-order chi connectivity index (χ0) is 14.7. The Labute approximate surface area is 121 Å². The molecule has 0 radical (unpaired) electrons. The molecular weight excluding hydrogens is 278 g/mol. The van der Waals surface area contributed by atoms with E-state index in [1.165, 1.54) is 12.1 Å². The average molecular weight is 292 g/mol. The van der Waals surface area contributed by atoms with Crippen molar-refractivity contribution < 1.29 is 9.90 Å². The number of amides is 2. The number of phenolic OH excluding ortho intramolecular Hbond substituents is 1. The zero-order valence-electron chi connectivity index (χ0n) is 11.1. The van der Waals surface area contributed by atoms with E-state index in [2.05, 4.69) is 15.6 Å². The van der Waals surface area contributed by atoms with Crippen molar-refractivity contribution in [3.05, 3.63) is 46.7 Å². The van der Waals surface area contributed by atoms with Gasteiger partial charge in [-0.1, -0.05) is 11.6 Å². The molecule has 0 fully saturated rings. The third-order valence-electron chi connectivity index (χ3n) is 2.68. The minimum Gasteiger partial charge on any atom is -0.506 e. The molecule has 20 heavy (non-hydrogen) atoms. The number of phenols is 1. The summed E-state index contributed by atoms with van der Waals surface area (Å²) < 4.78 is 0. The van der Waals surface area contributed by atoms with Gasteiger partial charge in [0.25, 0.3) is 0 Å². The second-order valence-electron chi connectivity index (χ2n) is 4.33. The van der Waals surface area contributed by atoms with Crippen LogP contribution in [-0.4, -0.2) is 16.1 Å². The number of aromatic hydroxyl groups is 1. The van der Waals surface area contributed by atoms with Gasteiger partial charge in [-0.15, -0.1) is 0 Å². The predicted octanol–water partition coefficient (Wildman–Crippen LogP) is 3.70. The van der Waals surface area contributed by atoms with E-state index in [0.29, 0.717) is 11.4 Å². The van der Waals surface area contributed by atoms with E-state index in [1.807, 2.05) is 19.9 Å². The van der Waals surface area contributed by atoms with Gasteiger partial charge in [0.1, 0.15) is 5.75 Å². The van der Waals surface area contributed by atoms with E-state index < -0.39 is 6.03 Å². The molecular formula is C14H14ClN3O2. The lowest BCUT2D eigenvalue weighted by atomic mass is 10.3. The molecule has 2 amide bonds. The number of aromatic nitrogens is 1. The molecule has 0 aliphatic carbocycles. The van der Waals surface area contributed by atoms with Gasteiger partial charge in [-0.05, 0) is 44.2 Å². The Kier molecular flexibility index (Phi) is 4.10. The molecule has 0 saturated carbocycles. The number of rotatable bonds is 2. The fraction of sp³-hybridized carbons (Fsp3) is 0.143. The Bertz CT molecular complexity index is 659. The highest BCUT2D eigenvalue weighted by atomic mass is 35.5. The minimum atomic E-state index is -0.402. The lowest BCUT2D eigenvalue weighted by Crippen LogP contribution is -2.20. The first-order valence-corrected chi connectivity index (χ1v) is 6.34. The molecule has 0 unspecified atom stereocenters. The van der Waals surface area contributed by atoms with Crippen molar-refractivity contribution >= 4 is 29.0 Å². The van der Waals surface area contributed by atoms with Gasteiger partial charge >= 0.3 is 6.03 Å². The topological polar surface area (TPSA) is 74.2 Å². The fourth-order valence-corrected chi connectivity index (χ4v) is 1.87. The van der Waals surface area contributed by atoms with Crippen molar-refractivity contribution in [2.24, 2.45) is 0 Å². The van der Waals surface area contributed by atoms with Crippen molar-refractivity contribution in [1.82, 2.24) is 4.98 Å². The molecule has 2 aromatic rings. The van der Waals surface area contributed by atoms with Crippen molar-refractivity contribution in [3.8, 4) is 5.75 Å². The molecule has 1 heterocycles. The van der Waals surface area contributed by atoms with Crippen LogP contribution in [0.25, 0.3) is 0 Å². The highest BCUT2D eigenvalue weighted by molar-refractivity contribution is 6.32. The number of anilines is 2. The number of carbonyl (C=O) groups excluding carboxylic acids is 1. The number of carbonyl (C=O) groups is 1. The second kappa shape index (κ2) is 5.79. The molecule has 5 nitrogen and oxygen atoms in total. The summed E-state index contributed by atoms with van der Waals surface area (Å²) in [6.45, 7) is 3.70. The molecule has 2 rings (SSSR count). The van der Waals surface area contributed by atoms with Crippen LogP contribution in [0.15, 0.2) is 30.3 Å². The van der Waals surface area contributed by atoms with Gasteiger partial charge in [-0.25, -0.2) is 4.79 Å². The van der Waals surface area contributed by atoms with Crippen LogP contribution in [0.3, 0.4) is 0 Å². The Hall–Kier alpha value is -2.27. The van der Waals surface area contributed by atoms with Crippen LogP contribution >= 0.6 is 11.6 Å². The van der Waals surface area contributed by atoms with E-state index in [9.17, 15) is 9.90 Å². The number of halogens is 1. The van der Waals surface area contributed by atoms with E-state index in [0.717, 1.165) is 11.4 Å². The monoisotopic (exact) mass is 291 g/mol. The summed E-state index contributed by atoms with van der Waals surface area (Å²) >= 11 is 5.77. The molecule has 104 valence electrons. The number of urea groups is 1. The lowest BCUT2D eigenvalue weighted by molar-refractivity contribution is 0.262. The highest BCUT2D eigenvalue weighted by Crippen LogP contribution is 2.26. The summed E-state index contributed by atoms with van der Waals surface area (Å²) in [5.74, 6) is -0.0313. The Morgan fingerprint density at radius 3 is 2.60 bits per heavy atom. The number of hydrogen-bond acceptors (Lipinski definition) is 3. The highest BCUT2D eigenvalue weighted by Gasteiger charge is 2.07. The van der Waals surface area contributed by atoms with Crippen LogP contribution in [0.2, 0.25) is 5.02 Å². The normalized spacial score (nSPS) is 10.2. The largest absolute Gasteiger partial charge is 0.506 e. The van der Waals surface area contributed by atoms with Crippen molar-refractivity contribution in [2.45, 2.75) is 13.8 Å². The second-order valence-corrected chi connectivity index (χ2v) is 4.74. The number of hydrogen-bond donors (Lipinski definition) is 3. The maximum Gasteiger partial charge on any atom is 0.323 e. The number of pyridine rings is 1. The first-order valence-electron chi connectivity index (χ1n) is 5.96. The SMILES string of the molecule is Cc1ccc(NC(=O)Nc2ccc(O)c(Cl)c2)c(C)n1. The number of nitrogens with zero attached hydrogens (tertiary/aromatic N) is 1.